The van der Waals surface area contributed by atoms with E-state index in [-0.39, 0.29) is 0 Å². The lowest BCUT2D eigenvalue weighted by Crippen LogP contribution is -1.95. The lowest BCUT2D eigenvalue weighted by atomic mass is 10.1. The number of hydrogen-bond donors (Lipinski definition) is 1. The molecule has 0 aliphatic carbocycles. The monoisotopic (exact) mass is 379 g/mol. The predicted molar refractivity (Wildman–Crippen MR) is 98.7 cm³/mol. The van der Waals surface area contributed by atoms with Crippen LogP contribution in [0, 0.1) is 13.8 Å². The third-order valence-corrected chi connectivity index (χ3v) is 6.09. The van der Waals surface area contributed by atoms with Crippen molar-refractivity contribution in [1.82, 2.24) is 19.6 Å². The summed E-state index contributed by atoms with van der Waals surface area (Å²) in [6.07, 6.45) is 0.725. The van der Waals surface area contributed by atoms with E-state index in [4.69, 9.17) is 4.74 Å². The maximum Gasteiger partial charge on any atom is 0.210 e. The van der Waals surface area contributed by atoms with E-state index in [0.29, 0.717) is 6.61 Å². The molecule has 0 spiro atoms. The average Bonchev–Trinajstić information content (AvgIpc) is 3.20. The maximum atomic E-state index is 5.04. The van der Waals surface area contributed by atoms with E-state index in [2.05, 4.69) is 44.8 Å². The molecule has 6 nitrogen and oxygen atoms in total. The average molecular weight is 380 g/mol. The van der Waals surface area contributed by atoms with E-state index in [1.54, 1.807) is 7.11 Å². The van der Waals surface area contributed by atoms with Crippen molar-refractivity contribution in [2.24, 2.45) is 0 Å². The van der Waals surface area contributed by atoms with Crippen LogP contribution < -0.4 is 5.32 Å². The van der Waals surface area contributed by atoms with Gasteiger partial charge in [-0.3, -0.25) is 0 Å². The zero-order chi connectivity index (χ0) is 16.9. The van der Waals surface area contributed by atoms with Crippen molar-refractivity contribution in [3.8, 4) is 0 Å². The van der Waals surface area contributed by atoms with Crippen molar-refractivity contribution >= 4 is 45.5 Å². The fourth-order valence-corrected chi connectivity index (χ4v) is 4.58. The molecule has 2 aromatic heterocycles. The summed E-state index contributed by atoms with van der Waals surface area (Å²) < 4.78 is 11.1. The van der Waals surface area contributed by atoms with Crippen LogP contribution in [0.1, 0.15) is 17.0 Å². The summed E-state index contributed by atoms with van der Waals surface area (Å²) >= 11 is 4.37. The molecule has 24 heavy (non-hydrogen) atoms. The first-order valence-electron chi connectivity index (χ1n) is 7.32. The Balaban J connectivity index is 1.65. The highest BCUT2D eigenvalue weighted by molar-refractivity contribution is 8.02. The number of aromatic nitrogens is 4. The van der Waals surface area contributed by atoms with Gasteiger partial charge in [-0.25, -0.2) is 4.98 Å². The largest absolute Gasteiger partial charge is 0.384 e. The summed E-state index contributed by atoms with van der Waals surface area (Å²) in [6, 6.07) is 6.17. The minimum atomic E-state index is 0.629. The van der Waals surface area contributed by atoms with Gasteiger partial charge in [0.15, 0.2) is 8.68 Å². The van der Waals surface area contributed by atoms with E-state index in [9.17, 15) is 0 Å². The van der Waals surface area contributed by atoms with Gasteiger partial charge in [-0.05, 0) is 54.3 Å². The van der Waals surface area contributed by atoms with Gasteiger partial charge in [0, 0.05) is 19.2 Å². The van der Waals surface area contributed by atoms with Gasteiger partial charge in [0.05, 0.1) is 6.61 Å². The second-order valence-corrected chi connectivity index (χ2v) is 8.29. The molecule has 0 aliphatic rings. The molecule has 0 amide bonds. The number of methoxy groups -OCH3 is 1. The number of hydrogen-bond acceptors (Lipinski definition) is 9. The molecule has 0 atom stereocenters. The summed E-state index contributed by atoms with van der Waals surface area (Å²) in [5, 5.41) is 12.5. The summed E-state index contributed by atoms with van der Waals surface area (Å²) in [5.41, 5.74) is 3.52. The first-order valence-corrected chi connectivity index (χ1v) is 9.72. The predicted octanol–water partition coefficient (Wildman–Crippen LogP) is 4.09. The van der Waals surface area contributed by atoms with Gasteiger partial charge in [0.25, 0.3) is 0 Å². The van der Waals surface area contributed by atoms with Gasteiger partial charge in [-0.15, -0.1) is 10.2 Å². The maximum absolute atomic E-state index is 5.04. The molecule has 0 unspecified atom stereocenters. The fourth-order valence-electron chi connectivity index (χ4n) is 1.95. The molecule has 1 N–H and O–H groups in total. The molecule has 0 aliphatic heterocycles. The van der Waals surface area contributed by atoms with Crippen LogP contribution in [0.2, 0.25) is 0 Å². The summed E-state index contributed by atoms with van der Waals surface area (Å²) in [7, 11) is 1.67. The SMILES string of the molecule is COCCc1nsc(Sc2nnc(Nc3cccc(C)c3C)s2)n1. The van der Waals surface area contributed by atoms with Crippen LogP contribution in [-0.4, -0.2) is 33.3 Å². The third-order valence-electron chi connectivity index (χ3n) is 3.41. The molecule has 0 bridgehead atoms. The molecule has 2 heterocycles. The molecule has 126 valence electrons. The van der Waals surface area contributed by atoms with Crippen LogP contribution in [0.4, 0.5) is 10.8 Å². The lowest BCUT2D eigenvalue weighted by Gasteiger charge is -2.08. The molecule has 1 aromatic carbocycles. The third kappa shape index (κ3) is 4.29. The lowest BCUT2D eigenvalue weighted by molar-refractivity contribution is 0.200. The Morgan fingerprint density at radius 1 is 1.21 bits per heavy atom. The van der Waals surface area contributed by atoms with Crippen LogP contribution in [0.3, 0.4) is 0 Å². The number of nitrogens with one attached hydrogen (secondary N) is 1. The summed E-state index contributed by atoms with van der Waals surface area (Å²) in [5.74, 6) is 0.808. The van der Waals surface area contributed by atoms with Gasteiger partial charge in [0.1, 0.15) is 5.82 Å². The Labute approximate surface area is 152 Å². The number of ether oxygens (including phenoxy) is 1. The van der Waals surface area contributed by atoms with Crippen molar-refractivity contribution in [2.45, 2.75) is 28.9 Å². The number of anilines is 2. The Hall–Kier alpha value is -1.55. The quantitative estimate of drug-likeness (QED) is 0.663. The molecular formula is C15H17N5OS3. The first-order chi connectivity index (χ1) is 11.7. The standard InChI is InChI=1S/C15H17N5OS3/c1-9-5-4-6-11(10(9)2)16-13-18-19-15(22-13)23-14-17-12(20-24-14)7-8-21-3/h4-6H,7-8H2,1-3H3,(H,16,18). The van der Waals surface area contributed by atoms with E-state index in [0.717, 1.165) is 31.7 Å². The van der Waals surface area contributed by atoms with Crippen molar-refractivity contribution in [3.63, 3.8) is 0 Å². The van der Waals surface area contributed by atoms with Gasteiger partial charge in [-0.2, -0.15) is 4.37 Å². The van der Waals surface area contributed by atoms with Crippen LogP contribution in [0.5, 0.6) is 0 Å². The van der Waals surface area contributed by atoms with Crippen LogP contribution >= 0.6 is 34.6 Å². The molecule has 3 aromatic rings. The minimum absolute atomic E-state index is 0.629. The second-order valence-electron chi connectivity index (χ2n) is 5.07. The molecule has 0 fully saturated rings. The number of rotatable bonds is 7. The van der Waals surface area contributed by atoms with Crippen molar-refractivity contribution in [1.29, 1.82) is 0 Å². The van der Waals surface area contributed by atoms with Crippen LogP contribution in [-0.2, 0) is 11.2 Å². The van der Waals surface area contributed by atoms with Gasteiger partial charge in [0.2, 0.25) is 5.13 Å². The Morgan fingerprint density at radius 2 is 2.08 bits per heavy atom. The minimum Gasteiger partial charge on any atom is -0.384 e. The molecular weight excluding hydrogens is 362 g/mol. The Kier molecular flexibility index (Phi) is 5.77. The van der Waals surface area contributed by atoms with Crippen LogP contribution in [0.15, 0.2) is 26.9 Å². The van der Waals surface area contributed by atoms with Gasteiger partial charge in [-0.1, -0.05) is 23.5 Å². The zero-order valence-electron chi connectivity index (χ0n) is 13.6. The highest BCUT2D eigenvalue weighted by Crippen LogP contribution is 2.34. The number of benzene rings is 1. The van der Waals surface area contributed by atoms with E-state index in [1.807, 2.05) is 12.1 Å². The first kappa shape index (κ1) is 17.3. The fraction of sp³-hybridized carbons (Fsp3) is 0.333. The number of aryl methyl sites for hydroxylation is 1. The summed E-state index contributed by atoms with van der Waals surface area (Å²) in [4.78, 5) is 4.47. The zero-order valence-corrected chi connectivity index (χ0v) is 16.0. The second kappa shape index (κ2) is 8.02. The highest BCUT2D eigenvalue weighted by Gasteiger charge is 2.11. The smallest absolute Gasteiger partial charge is 0.210 e. The van der Waals surface area contributed by atoms with Crippen molar-refractivity contribution in [2.75, 3.05) is 19.0 Å². The van der Waals surface area contributed by atoms with E-state index in [1.165, 1.54) is 45.8 Å². The van der Waals surface area contributed by atoms with E-state index < -0.39 is 0 Å². The van der Waals surface area contributed by atoms with Crippen molar-refractivity contribution in [3.05, 3.63) is 35.2 Å². The Bertz CT molecular complexity index is 817. The topological polar surface area (TPSA) is 72.8 Å². The normalized spacial score (nSPS) is 11.0. The molecule has 3 rings (SSSR count). The van der Waals surface area contributed by atoms with Gasteiger partial charge >= 0.3 is 0 Å². The molecule has 0 radical (unpaired) electrons. The van der Waals surface area contributed by atoms with Gasteiger partial charge < -0.3 is 10.1 Å². The highest BCUT2D eigenvalue weighted by atomic mass is 32.2. The molecule has 9 heteroatoms. The van der Waals surface area contributed by atoms with Crippen LogP contribution in [0.25, 0.3) is 0 Å². The molecule has 0 saturated carbocycles. The van der Waals surface area contributed by atoms with E-state index >= 15 is 0 Å². The molecule has 0 saturated heterocycles. The van der Waals surface area contributed by atoms with Crippen molar-refractivity contribution < 1.29 is 4.74 Å². The Morgan fingerprint density at radius 3 is 2.92 bits per heavy atom. The summed E-state index contributed by atoms with van der Waals surface area (Å²) in [6.45, 7) is 4.82. The number of nitrogens with zero attached hydrogens (tertiary/aromatic N) is 4.